The Labute approximate surface area is 98.0 Å². The second-order valence-corrected chi connectivity index (χ2v) is 3.99. The number of esters is 1. The van der Waals surface area contributed by atoms with Crippen LogP contribution < -0.4 is 4.68 Å². The molecule has 0 atom stereocenters. The maximum Gasteiger partial charge on any atom is 0.406 e. The van der Waals surface area contributed by atoms with E-state index in [1.807, 2.05) is 17.8 Å². The molecule has 2 rings (SSSR count). The molecule has 0 N–H and O–H groups in total. The molecule has 0 bridgehead atoms. The summed E-state index contributed by atoms with van der Waals surface area (Å²) in [6.45, 7) is 0. The number of hydrogen-bond donors (Lipinski definition) is 0. The highest BCUT2D eigenvalue weighted by molar-refractivity contribution is 6.31. The molecule has 1 aromatic carbocycles. The van der Waals surface area contributed by atoms with E-state index in [0.29, 0.717) is 10.7 Å². The summed E-state index contributed by atoms with van der Waals surface area (Å²) in [4.78, 5) is 11.7. The number of methoxy groups -OCH3 is 1. The zero-order chi connectivity index (χ0) is 11.9. The average Bonchev–Trinajstić information content (AvgIpc) is 2.51. The number of rotatable bonds is 1. The van der Waals surface area contributed by atoms with Crippen molar-refractivity contribution in [3.05, 3.63) is 28.9 Å². The highest BCUT2D eigenvalue weighted by Gasteiger charge is 2.27. The van der Waals surface area contributed by atoms with Crippen LogP contribution in [0.5, 0.6) is 0 Å². The van der Waals surface area contributed by atoms with E-state index in [0.717, 1.165) is 10.9 Å². The summed E-state index contributed by atoms with van der Waals surface area (Å²) < 4.78 is 8.38. The number of ether oxygens (including phenoxy) is 1. The first-order valence-electron chi connectivity index (χ1n) is 4.79. The maximum atomic E-state index is 11.7. The quantitative estimate of drug-likeness (QED) is 0.558. The van der Waals surface area contributed by atoms with Crippen LogP contribution in [0.2, 0.25) is 5.02 Å². The van der Waals surface area contributed by atoms with Crippen molar-refractivity contribution in [2.75, 3.05) is 7.11 Å². The average molecular weight is 240 g/mol. The third kappa shape index (κ3) is 1.46. The molecule has 0 aliphatic rings. The van der Waals surface area contributed by atoms with Gasteiger partial charge in [-0.05, 0) is 18.2 Å². The summed E-state index contributed by atoms with van der Waals surface area (Å²) in [5, 5.41) is 1.40. The SMILES string of the molecule is COC(=O)c1c2cc(Cl)ccc2n(C)[n+]1C. The summed E-state index contributed by atoms with van der Waals surface area (Å²) >= 11 is 5.93. The second-order valence-electron chi connectivity index (χ2n) is 3.55. The molecule has 2 aromatic rings. The molecule has 0 unspecified atom stereocenters. The van der Waals surface area contributed by atoms with E-state index in [1.165, 1.54) is 7.11 Å². The van der Waals surface area contributed by atoms with Gasteiger partial charge < -0.3 is 4.74 Å². The fourth-order valence-electron chi connectivity index (χ4n) is 1.80. The largest absolute Gasteiger partial charge is 0.461 e. The third-order valence-electron chi connectivity index (χ3n) is 2.71. The Morgan fingerprint density at radius 2 is 2.19 bits per heavy atom. The Balaban J connectivity index is 2.85. The Bertz CT molecular complexity index is 575. The zero-order valence-electron chi connectivity index (χ0n) is 9.32. The number of carbonyl (C=O) groups excluding carboxylic acids is 1. The fraction of sp³-hybridized carbons (Fsp3) is 0.273. The van der Waals surface area contributed by atoms with Gasteiger partial charge in [-0.3, -0.25) is 0 Å². The second kappa shape index (κ2) is 3.79. The van der Waals surface area contributed by atoms with Crippen molar-refractivity contribution >= 4 is 28.5 Å². The van der Waals surface area contributed by atoms with E-state index in [4.69, 9.17) is 16.3 Å². The highest BCUT2D eigenvalue weighted by atomic mass is 35.5. The standard InChI is InChI=1S/C11H12ClN2O2/c1-13-9-5-4-7(12)6-8(9)10(14(13)2)11(15)16-3/h4-6H,1-3H3/q+1. The van der Waals surface area contributed by atoms with Gasteiger partial charge in [-0.25, -0.2) is 4.79 Å². The smallest absolute Gasteiger partial charge is 0.406 e. The molecule has 84 valence electrons. The molecule has 0 amide bonds. The molecular formula is C11H12ClN2O2+. The summed E-state index contributed by atoms with van der Waals surface area (Å²) in [6, 6.07) is 5.44. The lowest BCUT2D eigenvalue weighted by molar-refractivity contribution is -0.750. The van der Waals surface area contributed by atoms with Crippen molar-refractivity contribution in [1.29, 1.82) is 0 Å². The van der Waals surface area contributed by atoms with E-state index in [2.05, 4.69) is 0 Å². The van der Waals surface area contributed by atoms with Gasteiger partial charge in [-0.15, -0.1) is 4.68 Å². The number of benzene rings is 1. The fourth-order valence-corrected chi connectivity index (χ4v) is 1.98. The van der Waals surface area contributed by atoms with Gasteiger partial charge in [0.15, 0.2) is 7.05 Å². The molecule has 5 heteroatoms. The van der Waals surface area contributed by atoms with Gasteiger partial charge in [0, 0.05) is 5.02 Å². The van der Waals surface area contributed by atoms with Gasteiger partial charge in [0.2, 0.25) is 0 Å². The minimum Gasteiger partial charge on any atom is -0.461 e. The number of carbonyl (C=O) groups is 1. The predicted octanol–water partition coefficient (Wildman–Crippen LogP) is 1.44. The number of aryl methyl sites for hydroxylation is 1. The van der Waals surface area contributed by atoms with Crippen LogP contribution in [0.25, 0.3) is 10.9 Å². The van der Waals surface area contributed by atoms with E-state index in [1.54, 1.807) is 23.9 Å². The molecular weight excluding hydrogens is 228 g/mol. The van der Waals surface area contributed by atoms with E-state index < -0.39 is 0 Å². The predicted molar refractivity (Wildman–Crippen MR) is 60.4 cm³/mol. The molecule has 0 aliphatic heterocycles. The molecule has 0 radical (unpaired) electrons. The van der Waals surface area contributed by atoms with Crippen LogP contribution in [0.1, 0.15) is 10.5 Å². The molecule has 0 fully saturated rings. The number of halogens is 1. The van der Waals surface area contributed by atoms with Gasteiger partial charge in [-0.2, -0.15) is 4.68 Å². The van der Waals surface area contributed by atoms with Crippen molar-refractivity contribution in [1.82, 2.24) is 4.68 Å². The molecule has 1 heterocycles. The number of nitrogens with zero attached hydrogens (tertiary/aromatic N) is 2. The van der Waals surface area contributed by atoms with Crippen LogP contribution in [0.4, 0.5) is 0 Å². The van der Waals surface area contributed by atoms with Gasteiger partial charge in [-0.1, -0.05) is 11.6 Å². The van der Waals surface area contributed by atoms with Crippen LogP contribution >= 0.6 is 11.6 Å². The monoisotopic (exact) mass is 239 g/mol. The first-order valence-corrected chi connectivity index (χ1v) is 5.16. The van der Waals surface area contributed by atoms with Crippen molar-refractivity contribution < 1.29 is 14.2 Å². The first-order chi connectivity index (χ1) is 7.56. The lowest BCUT2D eigenvalue weighted by atomic mass is 10.2. The van der Waals surface area contributed by atoms with Gasteiger partial charge >= 0.3 is 11.7 Å². The molecule has 0 aliphatic carbocycles. The number of fused-ring (bicyclic) bond motifs is 1. The maximum absolute atomic E-state index is 11.7. The van der Waals surface area contributed by atoms with E-state index >= 15 is 0 Å². The van der Waals surface area contributed by atoms with Crippen molar-refractivity contribution in [2.45, 2.75) is 0 Å². The third-order valence-corrected chi connectivity index (χ3v) is 2.95. The summed E-state index contributed by atoms with van der Waals surface area (Å²) in [6.07, 6.45) is 0. The first kappa shape index (κ1) is 11.0. The van der Waals surface area contributed by atoms with Crippen LogP contribution in [-0.2, 0) is 18.8 Å². The molecule has 0 saturated heterocycles. The van der Waals surface area contributed by atoms with Crippen molar-refractivity contribution in [2.24, 2.45) is 14.1 Å². The summed E-state index contributed by atoms with van der Waals surface area (Å²) in [5.41, 5.74) is 1.44. The molecule has 4 nitrogen and oxygen atoms in total. The zero-order valence-corrected chi connectivity index (χ0v) is 10.1. The number of aromatic nitrogens is 2. The van der Waals surface area contributed by atoms with Crippen LogP contribution in [0, 0.1) is 0 Å². The molecule has 0 saturated carbocycles. The van der Waals surface area contributed by atoms with E-state index in [-0.39, 0.29) is 5.97 Å². The van der Waals surface area contributed by atoms with Crippen molar-refractivity contribution in [3.63, 3.8) is 0 Å². The van der Waals surface area contributed by atoms with Gasteiger partial charge in [0.05, 0.1) is 19.5 Å². The minimum absolute atomic E-state index is 0.365. The minimum atomic E-state index is -0.365. The molecule has 0 spiro atoms. The van der Waals surface area contributed by atoms with Gasteiger partial charge in [0.25, 0.3) is 0 Å². The molecule has 16 heavy (non-hydrogen) atoms. The van der Waals surface area contributed by atoms with Crippen LogP contribution in [-0.4, -0.2) is 17.8 Å². The Morgan fingerprint density at radius 3 is 2.81 bits per heavy atom. The Morgan fingerprint density at radius 1 is 1.50 bits per heavy atom. The summed E-state index contributed by atoms with van der Waals surface area (Å²) in [7, 11) is 5.05. The molecule has 1 aromatic heterocycles. The summed E-state index contributed by atoms with van der Waals surface area (Å²) in [5.74, 6) is -0.365. The Kier molecular flexibility index (Phi) is 2.59. The normalized spacial score (nSPS) is 10.8. The van der Waals surface area contributed by atoms with Gasteiger partial charge in [0.1, 0.15) is 5.52 Å². The van der Waals surface area contributed by atoms with E-state index in [9.17, 15) is 4.79 Å². The van der Waals surface area contributed by atoms with Crippen LogP contribution in [0.15, 0.2) is 18.2 Å². The highest BCUT2D eigenvalue weighted by Crippen LogP contribution is 2.21. The lowest BCUT2D eigenvalue weighted by Crippen LogP contribution is -2.42. The number of hydrogen-bond acceptors (Lipinski definition) is 2. The van der Waals surface area contributed by atoms with Crippen molar-refractivity contribution in [3.8, 4) is 0 Å². The van der Waals surface area contributed by atoms with Crippen LogP contribution in [0.3, 0.4) is 0 Å². The Hall–Kier alpha value is -1.55. The lowest BCUT2D eigenvalue weighted by Gasteiger charge is -1.93. The topological polar surface area (TPSA) is 35.1 Å².